The smallest absolute Gasteiger partial charge is 0.251 e. The highest BCUT2D eigenvalue weighted by molar-refractivity contribution is 5.98. The summed E-state index contributed by atoms with van der Waals surface area (Å²) in [4.78, 5) is 26.6. The van der Waals surface area contributed by atoms with Crippen molar-refractivity contribution in [3.05, 3.63) is 125 Å². The predicted molar refractivity (Wildman–Crippen MR) is 163 cm³/mol. The lowest BCUT2D eigenvalue weighted by Gasteiger charge is -2.20. The van der Waals surface area contributed by atoms with Crippen LogP contribution in [0.4, 0.5) is 5.69 Å². The zero-order valence-electron chi connectivity index (χ0n) is 23.8. The third-order valence-electron chi connectivity index (χ3n) is 6.70. The van der Waals surface area contributed by atoms with Crippen molar-refractivity contribution in [1.29, 1.82) is 0 Å². The van der Waals surface area contributed by atoms with Gasteiger partial charge >= 0.3 is 0 Å². The van der Waals surface area contributed by atoms with Gasteiger partial charge in [-0.05, 0) is 72.5 Å². The van der Waals surface area contributed by atoms with Gasteiger partial charge in [-0.25, -0.2) is 0 Å². The van der Waals surface area contributed by atoms with E-state index in [9.17, 15) is 9.59 Å². The number of amides is 2. The van der Waals surface area contributed by atoms with Crippen molar-refractivity contribution in [2.45, 2.75) is 32.9 Å². The lowest BCUT2D eigenvalue weighted by Crippen LogP contribution is -2.48. The molecule has 2 amide bonds. The van der Waals surface area contributed by atoms with Crippen molar-refractivity contribution >= 4 is 17.5 Å². The fourth-order valence-electron chi connectivity index (χ4n) is 4.56. The lowest BCUT2D eigenvalue weighted by molar-refractivity contribution is -0.122. The van der Waals surface area contributed by atoms with Gasteiger partial charge in [0.1, 0.15) is 24.1 Å². The third-order valence-corrected chi connectivity index (χ3v) is 6.70. The fraction of sp³-hybridized carbons (Fsp3) is 0.235. The van der Waals surface area contributed by atoms with E-state index in [1.54, 1.807) is 19.2 Å². The Labute approximate surface area is 241 Å². The van der Waals surface area contributed by atoms with Crippen molar-refractivity contribution in [3.8, 4) is 11.5 Å². The second-order valence-electron chi connectivity index (χ2n) is 9.88. The highest BCUT2D eigenvalue weighted by Gasteiger charge is 2.22. The van der Waals surface area contributed by atoms with Gasteiger partial charge in [0.05, 0.1) is 7.11 Å². The lowest BCUT2D eigenvalue weighted by atomic mass is 10.0. The average Bonchev–Trinajstić information content (AvgIpc) is 2.99. The van der Waals surface area contributed by atoms with Crippen LogP contribution >= 0.6 is 0 Å². The van der Waals surface area contributed by atoms with Crippen molar-refractivity contribution in [3.63, 3.8) is 0 Å². The molecule has 3 N–H and O–H groups in total. The number of rotatable bonds is 13. The molecule has 0 spiro atoms. The molecule has 4 rings (SSSR count). The number of benzene rings is 4. The minimum absolute atomic E-state index is 0.241. The standard InChI is InChI=1S/C34H37N3O4/c1-24-20-28(21-25(2)32(24)41-23-27-12-8-5-9-13-27)33(38)37-31(22-26-10-6-4-7-11-26)34(39)36-19-18-35-29-14-16-30(40-3)17-15-29/h4-17,20-21,31,35H,18-19,22-23H2,1-3H3,(H,36,39)(H,37,38)/t31-/m0/s1. The number of methoxy groups -OCH3 is 1. The van der Waals surface area contributed by atoms with Crippen LogP contribution in [0.5, 0.6) is 11.5 Å². The van der Waals surface area contributed by atoms with Crippen LogP contribution in [-0.4, -0.2) is 38.1 Å². The van der Waals surface area contributed by atoms with Crippen LogP contribution in [0.1, 0.15) is 32.6 Å². The van der Waals surface area contributed by atoms with E-state index in [1.165, 1.54) is 0 Å². The van der Waals surface area contributed by atoms with Gasteiger partial charge < -0.3 is 25.4 Å². The molecule has 212 valence electrons. The van der Waals surface area contributed by atoms with E-state index in [2.05, 4.69) is 16.0 Å². The molecule has 0 aliphatic carbocycles. The Hall–Kier alpha value is -4.78. The summed E-state index contributed by atoms with van der Waals surface area (Å²) >= 11 is 0. The van der Waals surface area contributed by atoms with Gasteiger partial charge in [0, 0.05) is 30.8 Å². The van der Waals surface area contributed by atoms with Gasteiger partial charge in [0.15, 0.2) is 0 Å². The van der Waals surface area contributed by atoms with E-state index in [-0.39, 0.29) is 11.8 Å². The quantitative estimate of drug-likeness (QED) is 0.192. The number of hydrogen-bond donors (Lipinski definition) is 3. The van der Waals surface area contributed by atoms with Crippen LogP contribution in [0, 0.1) is 13.8 Å². The number of carbonyl (C=O) groups excluding carboxylic acids is 2. The molecular formula is C34H37N3O4. The van der Waals surface area contributed by atoms with E-state index < -0.39 is 6.04 Å². The van der Waals surface area contributed by atoms with Crippen molar-refractivity contribution < 1.29 is 19.1 Å². The zero-order valence-corrected chi connectivity index (χ0v) is 23.8. The number of nitrogens with one attached hydrogen (secondary N) is 3. The molecule has 1 atom stereocenters. The fourth-order valence-corrected chi connectivity index (χ4v) is 4.56. The molecule has 0 radical (unpaired) electrons. The molecule has 7 nitrogen and oxygen atoms in total. The largest absolute Gasteiger partial charge is 0.497 e. The van der Waals surface area contributed by atoms with Crippen LogP contribution in [-0.2, 0) is 17.8 Å². The maximum Gasteiger partial charge on any atom is 0.251 e. The molecule has 0 unspecified atom stereocenters. The summed E-state index contributed by atoms with van der Waals surface area (Å²) in [7, 11) is 1.63. The second-order valence-corrected chi connectivity index (χ2v) is 9.88. The SMILES string of the molecule is COc1ccc(NCCNC(=O)[C@H](Cc2ccccc2)NC(=O)c2cc(C)c(OCc3ccccc3)c(C)c2)cc1. The first-order chi connectivity index (χ1) is 19.9. The number of hydrogen-bond acceptors (Lipinski definition) is 5. The maximum atomic E-state index is 13.4. The zero-order chi connectivity index (χ0) is 29.0. The predicted octanol–water partition coefficient (Wildman–Crippen LogP) is 5.46. The molecule has 41 heavy (non-hydrogen) atoms. The molecule has 0 aliphatic heterocycles. The van der Waals surface area contributed by atoms with Gasteiger partial charge in [0.25, 0.3) is 5.91 Å². The first kappa shape index (κ1) is 29.2. The average molecular weight is 552 g/mol. The summed E-state index contributed by atoms with van der Waals surface area (Å²) in [6.45, 7) is 5.23. The Balaban J connectivity index is 1.39. The first-order valence-corrected chi connectivity index (χ1v) is 13.7. The Morgan fingerprint density at radius 1 is 0.780 bits per heavy atom. The topological polar surface area (TPSA) is 88.7 Å². The first-order valence-electron chi connectivity index (χ1n) is 13.7. The third kappa shape index (κ3) is 8.60. The summed E-state index contributed by atoms with van der Waals surface area (Å²) in [6.07, 6.45) is 0.376. The minimum Gasteiger partial charge on any atom is -0.497 e. The van der Waals surface area contributed by atoms with Crippen molar-refractivity contribution in [2.24, 2.45) is 0 Å². The number of aryl methyl sites for hydroxylation is 2. The van der Waals surface area contributed by atoms with Crippen LogP contribution < -0.4 is 25.4 Å². The molecule has 0 saturated carbocycles. The van der Waals surface area contributed by atoms with E-state index >= 15 is 0 Å². The Morgan fingerprint density at radius 2 is 1.39 bits per heavy atom. The number of ether oxygens (including phenoxy) is 2. The molecule has 0 fully saturated rings. The van der Waals surface area contributed by atoms with Crippen LogP contribution in [0.3, 0.4) is 0 Å². The van der Waals surface area contributed by atoms with Gasteiger partial charge in [-0.2, -0.15) is 0 Å². The molecule has 0 aromatic heterocycles. The maximum absolute atomic E-state index is 13.4. The van der Waals surface area contributed by atoms with Gasteiger partial charge in [-0.15, -0.1) is 0 Å². The van der Waals surface area contributed by atoms with Crippen molar-refractivity contribution in [1.82, 2.24) is 10.6 Å². The van der Waals surface area contributed by atoms with E-state index in [0.717, 1.165) is 39.4 Å². The Bertz CT molecular complexity index is 1400. The van der Waals surface area contributed by atoms with E-state index in [1.807, 2.05) is 98.8 Å². The van der Waals surface area contributed by atoms with Crippen molar-refractivity contribution in [2.75, 3.05) is 25.5 Å². The van der Waals surface area contributed by atoms with E-state index in [0.29, 0.717) is 31.7 Å². The summed E-state index contributed by atoms with van der Waals surface area (Å²) in [5.41, 5.74) is 5.16. The normalized spacial score (nSPS) is 11.3. The molecule has 0 heterocycles. The minimum atomic E-state index is -0.736. The summed E-state index contributed by atoms with van der Waals surface area (Å²) in [6, 6.07) is 30.1. The second kappa shape index (κ2) is 14.6. The molecule has 7 heteroatoms. The highest BCUT2D eigenvalue weighted by Crippen LogP contribution is 2.26. The van der Waals surface area contributed by atoms with E-state index in [4.69, 9.17) is 9.47 Å². The molecule has 0 aliphatic rings. The highest BCUT2D eigenvalue weighted by atomic mass is 16.5. The number of carbonyl (C=O) groups is 2. The molecule has 4 aromatic rings. The summed E-state index contributed by atoms with van der Waals surface area (Å²) in [5, 5.41) is 9.19. The Kier molecular flexibility index (Phi) is 10.4. The molecule has 0 saturated heterocycles. The van der Waals surface area contributed by atoms with Gasteiger partial charge in [0.2, 0.25) is 5.91 Å². The van der Waals surface area contributed by atoms with Gasteiger partial charge in [-0.3, -0.25) is 9.59 Å². The molecular weight excluding hydrogens is 514 g/mol. The molecule has 0 bridgehead atoms. The van der Waals surface area contributed by atoms with Crippen LogP contribution in [0.2, 0.25) is 0 Å². The number of anilines is 1. The summed E-state index contributed by atoms with van der Waals surface area (Å²) in [5.74, 6) is 0.990. The summed E-state index contributed by atoms with van der Waals surface area (Å²) < 4.78 is 11.3. The monoisotopic (exact) mass is 551 g/mol. The van der Waals surface area contributed by atoms with Crippen LogP contribution in [0.15, 0.2) is 97.1 Å². The van der Waals surface area contributed by atoms with Crippen LogP contribution in [0.25, 0.3) is 0 Å². The Morgan fingerprint density at radius 3 is 2.00 bits per heavy atom. The molecule has 4 aromatic carbocycles. The van der Waals surface area contributed by atoms with Gasteiger partial charge in [-0.1, -0.05) is 60.7 Å².